The van der Waals surface area contributed by atoms with Crippen LogP contribution in [0.25, 0.3) is 0 Å². The fourth-order valence-electron chi connectivity index (χ4n) is 2.42. The van der Waals surface area contributed by atoms with Gasteiger partial charge >= 0.3 is 0 Å². The zero-order chi connectivity index (χ0) is 15.4. The van der Waals surface area contributed by atoms with E-state index in [9.17, 15) is 0 Å². The number of aryl methyl sites for hydroxylation is 1. The van der Waals surface area contributed by atoms with Crippen molar-refractivity contribution in [3.63, 3.8) is 0 Å². The molecule has 0 aliphatic carbocycles. The molecule has 118 valence electrons. The molecule has 1 saturated heterocycles. The monoisotopic (exact) mass is 320 g/mol. The van der Waals surface area contributed by atoms with Gasteiger partial charge in [0.15, 0.2) is 16.9 Å². The van der Waals surface area contributed by atoms with Crippen LogP contribution >= 0.6 is 11.3 Å². The van der Waals surface area contributed by atoms with Crippen molar-refractivity contribution < 1.29 is 0 Å². The number of anilines is 1. The van der Waals surface area contributed by atoms with E-state index in [4.69, 9.17) is 5.73 Å². The summed E-state index contributed by atoms with van der Waals surface area (Å²) >= 11 is 1.67. The Bertz CT molecular complexity index is 612. The number of guanidine groups is 1. The summed E-state index contributed by atoms with van der Waals surface area (Å²) in [5.74, 6) is 1.41. The van der Waals surface area contributed by atoms with Crippen molar-refractivity contribution in [3.05, 3.63) is 23.7 Å². The summed E-state index contributed by atoms with van der Waals surface area (Å²) in [6.07, 6.45) is 3.56. The number of piperazine rings is 1. The van der Waals surface area contributed by atoms with E-state index in [0.717, 1.165) is 43.7 Å². The highest BCUT2D eigenvalue weighted by Crippen LogP contribution is 2.18. The van der Waals surface area contributed by atoms with Gasteiger partial charge < -0.3 is 20.1 Å². The van der Waals surface area contributed by atoms with E-state index in [1.807, 2.05) is 16.1 Å². The Morgan fingerprint density at radius 1 is 1.36 bits per heavy atom. The summed E-state index contributed by atoms with van der Waals surface area (Å²) in [5, 5.41) is 11.0. The van der Waals surface area contributed by atoms with Crippen molar-refractivity contribution in [1.82, 2.24) is 24.6 Å². The summed E-state index contributed by atoms with van der Waals surface area (Å²) in [5.41, 5.74) is 6.11. The van der Waals surface area contributed by atoms with E-state index in [-0.39, 0.29) is 0 Å². The highest BCUT2D eigenvalue weighted by atomic mass is 32.1. The van der Waals surface area contributed by atoms with Gasteiger partial charge in [0.2, 0.25) is 0 Å². The Hall–Kier alpha value is -2.16. The van der Waals surface area contributed by atoms with E-state index in [2.05, 4.69) is 36.9 Å². The van der Waals surface area contributed by atoms with E-state index in [1.54, 1.807) is 17.7 Å². The van der Waals surface area contributed by atoms with Gasteiger partial charge in [-0.05, 0) is 6.92 Å². The van der Waals surface area contributed by atoms with Crippen LogP contribution in [0.4, 0.5) is 5.13 Å². The molecule has 0 amide bonds. The van der Waals surface area contributed by atoms with Crippen LogP contribution in [0.15, 0.2) is 22.9 Å². The lowest BCUT2D eigenvalue weighted by atomic mass is 10.3. The number of rotatable bonds is 4. The van der Waals surface area contributed by atoms with Gasteiger partial charge in [-0.1, -0.05) is 0 Å². The van der Waals surface area contributed by atoms with Crippen LogP contribution in [0.1, 0.15) is 12.7 Å². The molecule has 1 aliphatic rings. The molecule has 0 aromatic carbocycles. The third-order valence-electron chi connectivity index (χ3n) is 3.71. The van der Waals surface area contributed by atoms with Crippen molar-refractivity contribution in [2.45, 2.75) is 20.0 Å². The zero-order valence-electron chi connectivity index (χ0n) is 12.6. The van der Waals surface area contributed by atoms with Crippen LogP contribution in [-0.2, 0) is 13.1 Å². The van der Waals surface area contributed by atoms with E-state index in [0.29, 0.717) is 12.5 Å². The van der Waals surface area contributed by atoms with Crippen molar-refractivity contribution in [2.75, 3.05) is 31.1 Å². The first kappa shape index (κ1) is 14.8. The zero-order valence-corrected chi connectivity index (χ0v) is 13.4. The number of aromatic nitrogens is 4. The minimum absolute atomic E-state index is 0.465. The highest BCUT2D eigenvalue weighted by molar-refractivity contribution is 7.13. The fraction of sp³-hybridized carbons (Fsp3) is 0.538. The van der Waals surface area contributed by atoms with Crippen molar-refractivity contribution >= 4 is 22.4 Å². The molecular weight excluding hydrogens is 300 g/mol. The molecule has 0 atom stereocenters. The maximum atomic E-state index is 6.11. The summed E-state index contributed by atoms with van der Waals surface area (Å²) in [6.45, 7) is 6.89. The molecule has 1 fully saturated rings. The number of hydrogen-bond donors (Lipinski definition) is 1. The second kappa shape index (κ2) is 6.73. The molecule has 2 N–H and O–H groups in total. The van der Waals surface area contributed by atoms with Crippen molar-refractivity contribution in [3.8, 4) is 0 Å². The lowest BCUT2D eigenvalue weighted by Gasteiger charge is -2.35. The first-order chi connectivity index (χ1) is 10.8. The SMILES string of the molecule is CCn1cnnc1CN=C(N)N1CCN(c2nccs2)CC1. The van der Waals surface area contributed by atoms with Crippen molar-refractivity contribution in [2.24, 2.45) is 10.7 Å². The first-order valence-electron chi connectivity index (χ1n) is 7.34. The third-order valence-corrected chi connectivity index (χ3v) is 4.54. The molecule has 8 nitrogen and oxygen atoms in total. The molecule has 2 aromatic rings. The first-order valence-corrected chi connectivity index (χ1v) is 8.22. The summed E-state index contributed by atoms with van der Waals surface area (Å²) < 4.78 is 1.97. The molecule has 2 aromatic heterocycles. The molecule has 9 heteroatoms. The van der Waals surface area contributed by atoms with Crippen LogP contribution in [0, 0.1) is 0 Å². The van der Waals surface area contributed by atoms with Crippen molar-refractivity contribution in [1.29, 1.82) is 0 Å². The van der Waals surface area contributed by atoms with Gasteiger partial charge in [-0.15, -0.1) is 21.5 Å². The quantitative estimate of drug-likeness (QED) is 0.648. The average Bonchev–Trinajstić information content (AvgIpc) is 3.24. The molecule has 22 heavy (non-hydrogen) atoms. The van der Waals surface area contributed by atoms with Crippen LogP contribution in [-0.4, -0.2) is 56.8 Å². The van der Waals surface area contributed by atoms with Gasteiger partial charge in [-0.3, -0.25) is 0 Å². The Labute approximate surface area is 133 Å². The minimum atomic E-state index is 0.465. The van der Waals surface area contributed by atoms with Gasteiger partial charge in [0.05, 0.1) is 0 Å². The second-order valence-electron chi connectivity index (χ2n) is 5.00. The van der Waals surface area contributed by atoms with E-state index >= 15 is 0 Å². The molecule has 0 bridgehead atoms. The largest absolute Gasteiger partial charge is 0.370 e. The Morgan fingerprint density at radius 2 is 2.18 bits per heavy atom. The standard InChI is InChI=1S/C13H20N8S/c1-2-19-10-17-18-11(19)9-16-12(14)20-4-6-21(7-5-20)13-15-3-8-22-13/h3,8,10H,2,4-7,9H2,1H3,(H2,14,16). The van der Waals surface area contributed by atoms with Gasteiger partial charge in [0.1, 0.15) is 12.9 Å². The molecule has 3 heterocycles. The molecule has 0 spiro atoms. The molecule has 0 saturated carbocycles. The summed E-state index contributed by atoms with van der Waals surface area (Å²) in [4.78, 5) is 13.2. The molecule has 3 rings (SSSR count). The summed E-state index contributed by atoms with van der Waals surface area (Å²) in [6, 6.07) is 0. The average molecular weight is 320 g/mol. The van der Waals surface area contributed by atoms with E-state index < -0.39 is 0 Å². The number of nitrogens with two attached hydrogens (primary N) is 1. The predicted octanol–water partition coefficient (Wildman–Crippen LogP) is 0.391. The molecule has 0 unspecified atom stereocenters. The normalized spacial score (nSPS) is 16.3. The van der Waals surface area contributed by atoms with Gasteiger partial charge in [-0.2, -0.15) is 0 Å². The lowest BCUT2D eigenvalue weighted by Crippen LogP contribution is -2.51. The number of aliphatic imine (C=N–C) groups is 1. The number of hydrogen-bond acceptors (Lipinski definition) is 6. The molecular formula is C13H20N8S. The second-order valence-corrected chi connectivity index (χ2v) is 5.87. The minimum Gasteiger partial charge on any atom is -0.370 e. The molecule has 1 aliphatic heterocycles. The van der Waals surface area contributed by atoms with Crippen LogP contribution < -0.4 is 10.6 Å². The highest BCUT2D eigenvalue weighted by Gasteiger charge is 2.19. The lowest BCUT2D eigenvalue weighted by molar-refractivity contribution is 0.380. The number of nitrogens with zero attached hydrogens (tertiary/aromatic N) is 7. The van der Waals surface area contributed by atoms with Gasteiger partial charge in [-0.25, -0.2) is 9.98 Å². The Morgan fingerprint density at radius 3 is 2.86 bits per heavy atom. The Kier molecular flexibility index (Phi) is 4.52. The number of thiazole rings is 1. The topological polar surface area (TPSA) is 88.5 Å². The maximum Gasteiger partial charge on any atom is 0.191 e. The molecule has 0 radical (unpaired) electrons. The third kappa shape index (κ3) is 3.19. The van der Waals surface area contributed by atoms with E-state index in [1.165, 1.54) is 0 Å². The predicted molar refractivity (Wildman–Crippen MR) is 86.9 cm³/mol. The van der Waals surface area contributed by atoms with Crippen LogP contribution in [0.2, 0.25) is 0 Å². The Balaban J connectivity index is 1.55. The van der Waals surface area contributed by atoms with Crippen LogP contribution in [0.3, 0.4) is 0 Å². The summed E-state index contributed by atoms with van der Waals surface area (Å²) in [7, 11) is 0. The van der Waals surface area contributed by atoms with Gasteiger partial charge in [0, 0.05) is 44.3 Å². The smallest absolute Gasteiger partial charge is 0.191 e. The maximum absolute atomic E-state index is 6.11. The fourth-order valence-corrected chi connectivity index (χ4v) is 3.11. The van der Waals surface area contributed by atoms with Crippen LogP contribution in [0.5, 0.6) is 0 Å². The van der Waals surface area contributed by atoms with Gasteiger partial charge in [0.25, 0.3) is 0 Å².